The van der Waals surface area contributed by atoms with Crippen molar-refractivity contribution in [3.63, 3.8) is 0 Å². The van der Waals surface area contributed by atoms with Gasteiger partial charge in [0.05, 0.1) is 19.6 Å². The summed E-state index contributed by atoms with van der Waals surface area (Å²) in [5.41, 5.74) is 0. The van der Waals surface area contributed by atoms with E-state index in [2.05, 4.69) is 32.6 Å². The van der Waals surface area contributed by atoms with E-state index in [4.69, 9.17) is 9.84 Å². The van der Waals surface area contributed by atoms with Crippen LogP contribution in [0.1, 0.15) is 79.1 Å². The highest BCUT2D eigenvalue weighted by Gasteiger charge is 2.38. The summed E-state index contributed by atoms with van der Waals surface area (Å²) in [6.07, 6.45) is 9.18. The minimum absolute atomic E-state index is 0.102. The first-order valence-corrected chi connectivity index (χ1v) is 9.54. The standard InChI is InChI=1S/C19H37NO3/c1-5-6-7-8-9-10-16(3)20-17(4)15(2)13-18(20)14-23-12-11-19(21)22/h15-18H,5-14H2,1-4H3,(H,21,22)/t15-,16?,17-,18-/m0/s1. The Morgan fingerprint density at radius 1 is 1.26 bits per heavy atom. The van der Waals surface area contributed by atoms with Crippen LogP contribution in [0, 0.1) is 5.92 Å². The highest BCUT2D eigenvalue weighted by molar-refractivity contribution is 5.66. The van der Waals surface area contributed by atoms with Crippen molar-refractivity contribution in [2.24, 2.45) is 5.92 Å². The van der Waals surface area contributed by atoms with Crippen molar-refractivity contribution >= 4 is 5.97 Å². The summed E-state index contributed by atoms with van der Waals surface area (Å²) in [6.45, 7) is 10.2. The molecule has 1 aliphatic heterocycles. The Morgan fingerprint density at radius 2 is 1.96 bits per heavy atom. The average molecular weight is 328 g/mol. The van der Waals surface area contributed by atoms with Crippen molar-refractivity contribution in [3.05, 3.63) is 0 Å². The summed E-state index contributed by atoms with van der Waals surface area (Å²) in [5, 5.41) is 8.70. The van der Waals surface area contributed by atoms with Crippen LogP contribution in [0.25, 0.3) is 0 Å². The molecule has 1 aliphatic rings. The molecule has 0 aromatic carbocycles. The quantitative estimate of drug-likeness (QED) is 0.542. The molecule has 4 heteroatoms. The van der Waals surface area contributed by atoms with E-state index in [0.717, 1.165) is 6.42 Å². The van der Waals surface area contributed by atoms with E-state index in [1.807, 2.05) is 0 Å². The number of hydrogen-bond acceptors (Lipinski definition) is 3. The second kappa shape index (κ2) is 11.0. The second-order valence-corrected chi connectivity index (χ2v) is 7.33. The van der Waals surface area contributed by atoms with Crippen LogP contribution in [0.4, 0.5) is 0 Å². The number of carboxylic acid groups (broad SMARTS) is 1. The van der Waals surface area contributed by atoms with E-state index in [-0.39, 0.29) is 6.42 Å². The fourth-order valence-electron chi connectivity index (χ4n) is 3.86. The van der Waals surface area contributed by atoms with Gasteiger partial charge in [-0.05, 0) is 32.6 Å². The maximum absolute atomic E-state index is 10.6. The van der Waals surface area contributed by atoms with E-state index < -0.39 is 5.97 Å². The molecule has 0 bridgehead atoms. The molecule has 1 unspecified atom stereocenters. The van der Waals surface area contributed by atoms with Crippen LogP contribution in [0.2, 0.25) is 0 Å². The lowest BCUT2D eigenvalue weighted by molar-refractivity contribution is -0.138. The molecule has 0 amide bonds. The summed E-state index contributed by atoms with van der Waals surface area (Å²) in [7, 11) is 0. The smallest absolute Gasteiger partial charge is 0.305 e. The van der Waals surface area contributed by atoms with Crippen molar-refractivity contribution < 1.29 is 14.6 Å². The zero-order valence-electron chi connectivity index (χ0n) is 15.6. The van der Waals surface area contributed by atoms with Crippen LogP contribution >= 0.6 is 0 Å². The predicted molar refractivity (Wildman–Crippen MR) is 94.8 cm³/mol. The first-order chi connectivity index (χ1) is 11.0. The number of aliphatic carboxylic acids is 1. The third kappa shape index (κ3) is 7.21. The van der Waals surface area contributed by atoms with Crippen LogP contribution in [0.15, 0.2) is 0 Å². The summed E-state index contributed by atoms with van der Waals surface area (Å²) in [5.74, 6) is -0.0962. The minimum atomic E-state index is -0.782. The van der Waals surface area contributed by atoms with Crippen LogP contribution in [0.3, 0.4) is 0 Å². The molecule has 1 saturated heterocycles. The first kappa shape index (κ1) is 20.4. The molecule has 0 saturated carbocycles. The molecule has 1 fully saturated rings. The third-order valence-electron chi connectivity index (χ3n) is 5.36. The Bertz CT molecular complexity index is 335. The van der Waals surface area contributed by atoms with Gasteiger partial charge in [0.2, 0.25) is 0 Å². The summed E-state index contributed by atoms with van der Waals surface area (Å²) < 4.78 is 5.64. The molecule has 4 atom stereocenters. The largest absolute Gasteiger partial charge is 0.481 e. The van der Waals surface area contributed by atoms with Crippen molar-refractivity contribution in [2.75, 3.05) is 13.2 Å². The number of rotatable bonds is 12. The second-order valence-electron chi connectivity index (χ2n) is 7.33. The van der Waals surface area contributed by atoms with Gasteiger partial charge in [0.15, 0.2) is 0 Å². The van der Waals surface area contributed by atoms with Gasteiger partial charge >= 0.3 is 5.97 Å². The Morgan fingerprint density at radius 3 is 2.61 bits per heavy atom. The Balaban J connectivity index is 2.38. The molecule has 136 valence electrons. The summed E-state index contributed by atoms with van der Waals surface area (Å²) in [6, 6.07) is 1.62. The molecular formula is C19H37NO3. The van der Waals surface area contributed by atoms with Crippen LogP contribution in [0.5, 0.6) is 0 Å². The lowest BCUT2D eigenvalue weighted by Gasteiger charge is -2.34. The normalized spacial score (nSPS) is 26.5. The zero-order valence-corrected chi connectivity index (χ0v) is 15.6. The molecule has 0 aromatic heterocycles. The monoisotopic (exact) mass is 327 g/mol. The number of carbonyl (C=O) groups is 1. The molecule has 0 aromatic rings. The topological polar surface area (TPSA) is 49.8 Å². The highest BCUT2D eigenvalue weighted by Crippen LogP contribution is 2.33. The average Bonchev–Trinajstić information content (AvgIpc) is 2.78. The fraction of sp³-hybridized carbons (Fsp3) is 0.947. The Hall–Kier alpha value is -0.610. The number of carboxylic acids is 1. The number of ether oxygens (including phenoxy) is 1. The van der Waals surface area contributed by atoms with Gasteiger partial charge in [0.1, 0.15) is 0 Å². The van der Waals surface area contributed by atoms with Gasteiger partial charge in [0, 0.05) is 18.1 Å². The molecule has 1 rings (SSSR count). The van der Waals surface area contributed by atoms with Gasteiger partial charge in [-0.15, -0.1) is 0 Å². The first-order valence-electron chi connectivity index (χ1n) is 9.54. The molecule has 0 aliphatic carbocycles. The van der Waals surface area contributed by atoms with E-state index in [1.165, 1.54) is 38.5 Å². The molecule has 4 nitrogen and oxygen atoms in total. The van der Waals surface area contributed by atoms with Gasteiger partial charge < -0.3 is 9.84 Å². The third-order valence-corrected chi connectivity index (χ3v) is 5.36. The zero-order chi connectivity index (χ0) is 17.2. The van der Waals surface area contributed by atoms with E-state index in [0.29, 0.717) is 37.3 Å². The molecule has 1 heterocycles. The van der Waals surface area contributed by atoms with Gasteiger partial charge in [-0.3, -0.25) is 9.69 Å². The van der Waals surface area contributed by atoms with Crippen LogP contribution < -0.4 is 0 Å². The van der Waals surface area contributed by atoms with E-state index in [1.54, 1.807) is 0 Å². The lowest BCUT2D eigenvalue weighted by atomic mass is 10.0. The molecular weight excluding hydrogens is 290 g/mol. The summed E-state index contributed by atoms with van der Waals surface area (Å²) in [4.78, 5) is 13.2. The van der Waals surface area contributed by atoms with E-state index >= 15 is 0 Å². The predicted octanol–water partition coefficient (Wildman–Crippen LogP) is 4.33. The number of likely N-dealkylation sites (tertiary alicyclic amines) is 1. The highest BCUT2D eigenvalue weighted by atomic mass is 16.5. The molecule has 0 radical (unpaired) electrons. The Labute approximate surface area is 142 Å². The van der Waals surface area contributed by atoms with Crippen molar-refractivity contribution in [1.82, 2.24) is 4.90 Å². The fourth-order valence-corrected chi connectivity index (χ4v) is 3.86. The van der Waals surface area contributed by atoms with Crippen molar-refractivity contribution in [2.45, 2.75) is 97.2 Å². The van der Waals surface area contributed by atoms with E-state index in [9.17, 15) is 4.79 Å². The van der Waals surface area contributed by atoms with Gasteiger partial charge in [-0.25, -0.2) is 0 Å². The maximum Gasteiger partial charge on any atom is 0.305 e. The maximum atomic E-state index is 10.6. The Kier molecular flexibility index (Phi) is 9.80. The van der Waals surface area contributed by atoms with Crippen LogP contribution in [-0.4, -0.2) is 47.3 Å². The van der Waals surface area contributed by atoms with Crippen LogP contribution in [-0.2, 0) is 9.53 Å². The minimum Gasteiger partial charge on any atom is -0.481 e. The summed E-state index contributed by atoms with van der Waals surface area (Å²) >= 11 is 0. The van der Waals surface area contributed by atoms with Gasteiger partial charge in [0.25, 0.3) is 0 Å². The van der Waals surface area contributed by atoms with Crippen molar-refractivity contribution in [3.8, 4) is 0 Å². The molecule has 1 N–H and O–H groups in total. The van der Waals surface area contributed by atoms with Gasteiger partial charge in [-0.2, -0.15) is 0 Å². The molecule has 23 heavy (non-hydrogen) atoms. The van der Waals surface area contributed by atoms with Gasteiger partial charge in [-0.1, -0.05) is 46.0 Å². The SMILES string of the molecule is CCCCCCCC(C)N1[C@H](COCCC(=O)O)C[C@H](C)[C@@H]1C. The number of hydrogen-bond donors (Lipinski definition) is 1. The number of unbranched alkanes of at least 4 members (excludes halogenated alkanes) is 4. The number of nitrogens with zero attached hydrogens (tertiary/aromatic N) is 1. The van der Waals surface area contributed by atoms with Crippen molar-refractivity contribution in [1.29, 1.82) is 0 Å². The lowest BCUT2D eigenvalue weighted by Crippen LogP contribution is -2.44. The molecule has 0 spiro atoms.